The fraction of sp³-hybridized carbons (Fsp3) is 0.308. The summed E-state index contributed by atoms with van der Waals surface area (Å²) in [4.78, 5) is 18.4. The molecule has 0 amide bonds. The topological polar surface area (TPSA) is 108 Å². The van der Waals surface area contributed by atoms with E-state index in [-0.39, 0.29) is 11.7 Å². The van der Waals surface area contributed by atoms with Crippen molar-refractivity contribution in [2.45, 2.75) is 37.3 Å². The van der Waals surface area contributed by atoms with Crippen molar-refractivity contribution in [3.8, 4) is 11.4 Å². The lowest BCUT2D eigenvalue weighted by Gasteiger charge is -2.27. The molecule has 2 aliphatic rings. The molecule has 4 N–H and O–H groups in total. The van der Waals surface area contributed by atoms with Gasteiger partial charge >= 0.3 is 0 Å². The summed E-state index contributed by atoms with van der Waals surface area (Å²) in [6.07, 6.45) is 8.03. The van der Waals surface area contributed by atoms with Crippen LogP contribution in [0.5, 0.6) is 0 Å². The number of fused-ring (bicyclic) bond motifs is 1. The van der Waals surface area contributed by atoms with Crippen LogP contribution < -0.4 is 16.0 Å². The van der Waals surface area contributed by atoms with Crippen LogP contribution in [0.25, 0.3) is 22.3 Å². The molecule has 4 heterocycles. The van der Waals surface area contributed by atoms with Crippen LogP contribution in [0.3, 0.4) is 0 Å². The minimum atomic E-state index is -0.588. The second kappa shape index (κ2) is 9.36. The van der Waals surface area contributed by atoms with Crippen LogP contribution in [0, 0.1) is 11.6 Å². The highest BCUT2D eigenvalue weighted by Crippen LogP contribution is 2.41. The third kappa shape index (κ3) is 4.33. The second-order valence-corrected chi connectivity index (χ2v) is 9.30. The van der Waals surface area contributed by atoms with Crippen LogP contribution in [0.2, 0.25) is 0 Å². The zero-order chi connectivity index (χ0) is 24.6. The van der Waals surface area contributed by atoms with E-state index < -0.39 is 17.7 Å². The molecule has 184 valence electrons. The number of aliphatic hydroxyl groups excluding tert-OH is 1. The van der Waals surface area contributed by atoms with Crippen molar-refractivity contribution in [1.29, 1.82) is 0 Å². The van der Waals surface area contributed by atoms with Gasteiger partial charge in [0.25, 0.3) is 0 Å². The van der Waals surface area contributed by atoms with Crippen molar-refractivity contribution in [2.75, 3.05) is 23.7 Å². The minimum Gasteiger partial charge on any atom is -0.390 e. The van der Waals surface area contributed by atoms with E-state index in [0.29, 0.717) is 47.5 Å². The van der Waals surface area contributed by atoms with Crippen molar-refractivity contribution in [3.05, 3.63) is 66.1 Å². The van der Waals surface area contributed by atoms with Gasteiger partial charge < -0.3 is 21.1 Å². The Balaban J connectivity index is 1.42. The standard InChI is InChI=1S/C26H25F2N7O/c27-16-4-5-18(28)19(9-16)32-23-8-15(6-7-31-23)25-34-21-12-29-10-17(14-2-1-3-14)24(21)26(35-25)33-20-11-30-13-22(20)36/h4-10,12,14,20,22,30,36H,1-3,11,13H2,(H,31,32)(H,33,34,35)/t20-,22?/m0/s1. The Morgan fingerprint density at radius 1 is 1.03 bits per heavy atom. The van der Waals surface area contributed by atoms with E-state index in [4.69, 9.17) is 9.97 Å². The number of benzene rings is 1. The van der Waals surface area contributed by atoms with Crippen LogP contribution in [0.15, 0.2) is 48.9 Å². The van der Waals surface area contributed by atoms with Crippen molar-refractivity contribution in [2.24, 2.45) is 0 Å². The SMILES string of the molecule is OC1CNC[C@@H]1Nc1nc(-c2ccnc(Nc3cc(F)ccc3F)c2)nc2cncc(C3CCC3)c12. The Labute approximate surface area is 206 Å². The molecular formula is C26H25F2N7O. The summed E-state index contributed by atoms with van der Waals surface area (Å²) >= 11 is 0. The van der Waals surface area contributed by atoms with E-state index in [9.17, 15) is 13.9 Å². The monoisotopic (exact) mass is 489 g/mol. The zero-order valence-corrected chi connectivity index (χ0v) is 19.4. The molecular weight excluding hydrogens is 464 g/mol. The molecule has 1 aliphatic heterocycles. The van der Waals surface area contributed by atoms with Crippen LogP contribution in [0.1, 0.15) is 30.7 Å². The van der Waals surface area contributed by atoms with Crippen LogP contribution in [0.4, 0.5) is 26.1 Å². The van der Waals surface area contributed by atoms with Crippen molar-refractivity contribution in [1.82, 2.24) is 25.3 Å². The molecule has 0 spiro atoms. The molecule has 0 radical (unpaired) electrons. The predicted molar refractivity (Wildman–Crippen MR) is 133 cm³/mol. The lowest BCUT2D eigenvalue weighted by atomic mass is 9.79. The minimum absolute atomic E-state index is 0.0153. The predicted octanol–water partition coefficient (Wildman–Crippen LogP) is 4.12. The number of nitrogens with one attached hydrogen (secondary N) is 3. The number of hydrogen-bond donors (Lipinski definition) is 4. The quantitative estimate of drug-likeness (QED) is 0.320. The number of aliphatic hydroxyl groups is 1. The molecule has 1 aromatic carbocycles. The molecule has 2 fully saturated rings. The zero-order valence-electron chi connectivity index (χ0n) is 19.4. The van der Waals surface area contributed by atoms with Crippen molar-refractivity contribution in [3.63, 3.8) is 0 Å². The van der Waals surface area contributed by atoms with E-state index in [1.165, 1.54) is 6.42 Å². The molecule has 2 atom stereocenters. The fourth-order valence-electron chi connectivity index (χ4n) is 4.73. The maximum Gasteiger partial charge on any atom is 0.162 e. The fourth-order valence-corrected chi connectivity index (χ4v) is 4.73. The molecule has 1 unspecified atom stereocenters. The first-order chi connectivity index (χ1) is 17.5. The number of β-amino-alcohol motifs (C(OH)–C–C–N with tert-alkyl or cyclic N) is 1. The maximum atomic E-state index is 14.1. The number of aromatic nitrogens is 4. The number of nitrogens with zero attached hydrogens (tertiary/aromatic N) is 4. The lowest BCUT2D eigenvalue weighted by molar-refractivity contribution is 0.185. The number of pyridine rings is 2. The molecule has 3 aromatic heterocycles. The van der Waals surface area contributed by atoms with Crippen LogP contribution in [-0.4, -0.2) is 50.3 Å². The van der Waals surface area contributed by atoms with Gasteiger partial charge in [-0.1, -0.05) is 6.42 Å². The molecule has 4 aromatic rings. The molecule has 8 nitrogen and oxygen atoms in total. The van der Waals surface area contributed by atoms with Crippen LogP contribution >= 0.6 is 0 Å². The number of rotatable bonds is 6. The van der Waals surface area contributed by atoms with Gasteiger partial charge in [-0.05, 0) is 48.6 Å². The van der Waals surface area contributed by atoms with E-state index in [1.807, 2.05) is 6.20 Å². The number of hydrogen-bond acceptors (Lipinski definition) is 8. The molecule has 36 heavy (non-hydrogen) atoms. The van der Waals surface area contributed by atoms with E-state index in [0.717, 1.165) is 42.0 Å². The molecule has 1 saturated carbocycles. The van der Waals surface area contributed by atoms with Gasteiger partial charge in [0.1, 0.15) is 23.3 Å². The molecule has 1 aliphatic carbocycles. The van der Waals surface area contributed by atoms with Gasteiger partial charge in [0.15, 0.2) is 5.82 Å². The van der Waals surface area contributed by atoms with E-state index in [2.05, 4.69) is 25.9 Å². The summed E-state index contributed by atoms with van der Waals surface area (Å²) < 4.78 is 27.8. The molecule has 1 saturated heterocycles. The first kappa shape index (κ1) is 22.7. The van der Waals surface area contributed by atoms with E-state index in [1.54, 1.807) is 24.5 Å². The average molecular weight is 490 g/mol. The number of anilines is 3. The average Bonchev–Trinajstić information content (AvgIpc) is 3.24. The van der Waals surface area contributed by atoms with Crippen LogP contribution in [-0.2, 0) is 0 Å². The summed E-state index contributed by atoms with van der Waals surface area (Å²) in [5.41, 5.74) is 2.45. The summed E-state index contributed by atoms with van der Waals surface area (Å²) in [5.74, 6) is 0.683. The van der Waals surface area contributed by atoms with Gasteiger partial charge in [-0.2, -0.15) is 0 Å². The van der Waals surface area contributed by atoms with Gasteiger partial charge in [0.05, 0.1) is 29.5 Å². The molecule has 6 rings (SSSR count). The van der Waals surface area contributed by atoms with Gasteiger partial charge in [-0.15, -0.1) is 0 Å². The summed E-state index contributed by atoms with van der Waals surface area (Å²) in [6, 6.07) is 6.45. The Hall–Kier alpha value is -3.76. The normalized spacial score (nSPS) is 19.9. The largest absolute Gasteiger partial charge is 0.390 e. The third-order valence-electron chi connectivity index (χ3n) is 6.89. The highest BCUT2D eigenvalue weighted by molar-refractivity contribution is 5.93. The first-order valence-corrected chi connectivity index (χ1v) is 12.0. The summed E-state index contributed by atoms with van der Waals surface area (Å²) in [5, 5.41) is 20.8. The Morgan fingerprint density at radius 2 is 1.92 bits per heavy atom. The van der Waals surface area contributed by atoms with Crippen molar-refractivity contribution >= 4 is 28.2 Å². The highest BCUT2D eigenvalue weighted by Gasteiger charge is 2.29. The van der Waals surface area contributed by atoms with Gasteiger partial charge in [-0.25, -0.2) is 23.7 Å². The second-order valence-electron chi connectivity index (χ2n) is 9.30. The molecule has 0 bridgehead atoms. The Bertz CT molecular complexity index is 1430. The lowest BCUT2D eigenvalue weighted by Crippen LogP contribution is -2.32. The first-order valence-electron chi connectivity index (χ1n) is 12.0. The third-order valence-corrected chi connectivity index (χ3v) is 6.89. The Morgan fingerprint density at radius 3 is 2.69 bits per heavy atom. The van der Waals surface area contributed by atoms with Gasteiger partial charge in [-0.3, -0.25) is 4.98 Å². The Kier molecular flexibility index (Phi) is 5.90. The highest BCUT2D eigenvalue weighted by atomic mass is 19.1. The van der Waals surface area contributed by atoms with Gasteiger partial charge in [0.2, 0.25) is 0 Å². The van der Waals surface area contributed by atoms with Crippen molar-refractivity contribution < 1.29 is 13.9 Å². The smallest absolute Gasteiger partial charge is 0.162 e. The molecule has 10 heteroatoms. The van der Waals surface area contributed by atoms with E-state index >= 15 is 0 Å². The van der Waals surface area contributed by atoms with Gasteiger partial charge in [0, 0.05) is 42.5 Å². The summed E-state index contributed by atoms with van der Waals surface area (Å²) in [7, 11) is 0. The summed E-state index contributed by atoms with van der Waals surface area (Å²) in [6.45, 7) is 1.13. The number of halogens is 2. The maximum absolute atomic E-state index is 14.1.